The highest BCUT2D eigenvalue weighted by molar-refractivity contribution is 6.46. The van der Waals surface area contributed by atoms with Gasteiger partial charge in [-0.25, -0.2) is 0 Å². The standard InChI is InChI=1S/C24H28N2O5/c1-15-6-8-16(9-7-15)21-20(23(28)24(29)26(21)13-12-25(2)3)22(27)17-10-11-18(30-4)19(14-17)31-5/h6-11,14,21,27H,12-13H2,1-5H3/b22-20+. The van der Waals surface area contributed by atoms with Crippen LogP contribution in [0.4, 0.5) is 0 Å². The number of likely N-dealkylation sites (N-methyl/N-ethyl adjacent to an activating group) is 1. The van der Waals surface area contributed by atoms with Gasteiger partial charge in [0.05, 0.1) is 47.4 Å². The first-order valence-electron chi connectivity index (χ1n) is 10.1. The minimum atomic E-state index is -0.751. The third-order valence-electron chi connectivity index (χ3n) is 5.42. The van der Waals surface area contributed by atoms with Gasteiger partial charge in [0.25, 0.3) is 5.91 Å². The molecule has 1 amide bonds. The summed E-state index contributed by atoms with van der Waals surface area (Å²) in [6.45, 7) is 2.98. The number of nitrogens with zero attached hydrogens (tertiary/aromatic N) is 1. The van der Waals surface area contributed by atoms with Crippen LogP contribution in [0.5, 0.6) is 11.5 Å². The van der Waals surface area contributed by atoms with Crippen molar-refractivity contribution in [3.05, 3.63) is 64.7 Å². The van der Waals surface area contributed by atoms with Gasteiger partial charge in [-0.15, -0.1) is 0 Å². The molecule has 0 aromatic heterocycles. The fourth-order valence-corrected chi connectivity index (χ4v) is 3.67. The highest BCUT2D eigenvalue weighted by atomic mass is 16.5. The maximum Gasteiger partial charge on any atom is 0.295 e. The molecule has 1 aliphatic heterocycles. The van der Waals surface area contributed by atoms with Crippen molar-refractivity contribution < 1.29 is 29.1 Å². The minimum Gasteiger partial charge on any atom is -0.872 e. The summed E-state index contributed by atoms with van der Waals surface area (Å²) in [7, 11) is 6.93. The number of Topliss-reactive ketones (excluding diaryl/α,β-unsaturated/α-hetero) is 1. The molecule has 2 aromatic carbocycles. The van der Waals surface area contributed by atoms with Crippen LogP contribution >= 0.6 is 0 Å². The average molecular weight is 424 g/mol. The quantitative estimate of drug-likeness (QED) is 0.395. The van der Waals surface area contributed by atoms with E-state index in [1.54, 1.807) is 12.1 Å². The van der Waals surface area contributed by atoms with E-state index in [1.807, 2.05) is 45.3 Å². The zero-order valence-electron chi connectivity index (χ0n) is 18.5. The maximum atomic E-state index is 13.5. The topological polar surface area (TPSA) is 83.3 Å². The molecular formula is C24H28N2O5. The zero-order chi connectivity index (χ0) is 22.7. The lowest BCUT2D eigenvalue weighted by molar-refractivity contribution is -0.857. The molecule has 1 atom stereocenters. The fourth-order valence-electron chi connectivity index (χ4n) is 3.67. The minimum absolute atomic E-state index is 0.0326. The first-order valence-corrected chi connectivity index (χ1v) is 10.1. The lowest BCUT2D eigenvalue weighted by Crippen LogP contribution is -3.06. The van der Waals surface area contributed by atoms with E-state index in [0.29, 0.717) is 24.6 Å². The number of aryl methyl sites for hydroxylation is 1. The monoisotopic (exact) mass is 424 g/mol. The summed E-state index contributed by atoms with van der Waals surface area (Å²) in [5, 5.41) is 13.5. The van der Waals surface area contributed by atoms with Gasteiger partial charge in [0, 0.05) is 5.57 Å². The Kier molecular flexibility index (Phi) is 6.65. The number of quaternary nitrogens is 1. The molecule has 1 saturated heterocycles. The number of likely N-dealkylation sites (tertiary alicyclic amines) is 1. The normalized spacial score (nSPS) is 18.0. The Morgan fingerprint density at radius 3 is 2.26 bits per heavy atom. The molecule has 1 fully saturated rings. The summed E-state index contributed by atoms with van der Waals surface area (Å²) in [4.78, 5) is 28.5. The number of benzene rings is 2. The van der Waals surface area contributed by atoms with Crippen molar-refractivity contribution in [3.8, 4) is 11.5 Å². The Morgan fingerprint density at radius 2 is 1.68 bits per heavy atom. The molecule has 7 heteroatoms. The van der Waals surface area contributed by atoms with Crippen LogP contribution in [0.15, 0.2) is 48.0 Å². The van der Waals surface area contributed by atoms with Gasteiger partial charge in [-0.05, 0) is 30.2 Å². The van der Waals surface area contributed by atoms with Crippen LogP contribution in [-0.4, -0.2) is 58.0 Å². The summed E-state index contributed by atoms with van der Waals surface area (Å²) in [5.41, 5.74) is 2.03. The van der Waals surface area contributed by atoms with Gasteiger partial charge >= 0.3 is 0 Å². The molecule has 1 unspecified atom stereocenters. The molecule has 0 radical (unpaired) electrons. The summed E-state index contributed by atoms with van der Waals surface area (Å²) in [6.07, 6.45) is 0. The second kappa shape index (κ2) is 9.22. The second-order valence-corrected chi connectivity index (χ2v) is 7.91. The predicted molar refractivity (Wildman–Crippen MR) is 115 cm³/mol. The van der Waals surface area contributed by atoms with Crippen molar-refractivity contribution in [2.24, 2.45) is 0 Å². The number of methoxy groups -OCH3 is 2. The summed E-state index contributed by atoms with van der Waals surface area (Å²) in [5.74, 6) is -1.02. The largest absolute Gasteiger partial charge is 0.872 e. The highest BCUT2D eigenvalue weighted by Crippen LogP contribution is 2.39. The molecule has 3 rings (SSSR count). The van der Waals surface area contributed by atoms with Crippen molar-refractivity contribution in [1.82, 2.24) is 4.90 Å². The van der Waals surface area contributed by atoms with Gasteiger partial charge in [0.1, 0.15) is 0 Å². The van der Waals surface area contributed by atoms with Crippen LogP contribution in [-0.2, 0) is 9.59 Å². The predicted octanol–water partition coefficient (Wildman–Crippen LogP) is 0.381. The van der Waals surface area contributed by atoms with Gasteiger partial charge in [-0.2, -0.15) is 0 Å². The molecule has 0 bridgehead atoms. The van der Waals surface area contributed by atoms with Gasteiger partial charge in [-0.1, -0.05) is 41.7 Å². The number of hydrogen-bond acceptors (Lipinski definition) is 5. The molecule has 7 nitrogen and oxygen atoms in total. The highest BCUT2D eigenvalue weighted by Gasteiger charge is 2.44. The number of carbonyl (C=O) groups excluding carboxylic acids is 2. The molecule has 1 N–H and O–H groups in total. The van der Waals surface area contributed by atoms with Crippen LogP contribution in [0, 0.1) is 6.92 Å². The molecular weight excluding hydrogens is 396 g/mol. The summed E-state index contributed by atoms with van der Waals surface area (Å²) < 4.78 is 10.5. The van der Waals surface area contributed by atoms with Gasteiger partial charge < -0.3 is 24.4 Å². The van der Waals surface area contributed by atoms with E-state index in [2.05, 4.69) is 0 Å². The summed E-state index contributed by atoms with van der Waals surface area (Å²) in [6, 6.07) is 11.6. The Balaban J connectivity index is 2.15. The smallest absolute Gasteiger partial charge is 0.295 e. The molecule has 2 aromatic rings. The third-order valence-corrected chi connectivity index (χ3v) is 5.42. The van der Waals surface area contributed by atoms with Gasteiger partial charge in [0.2, 0.25) is 5.78 Å². The van der Waals surface area contributed by atoms with E-state index in [9.17, 15) is 14.7 Å². The SMILES string of the molecule is COc1ccc(/C([O-])=C2\C(=O)C(=O)N(CC[NH+](C)C)C2c2ccc(C)cc2)cc1OC. The number of ketones is 1. The molecule has 0 spiro atoms. The van der Waals surface area contributed by atoms with Crippen molar-refractivity contribution >= 4 is 17.4 Å². The van der Waals surface area contributed by atoms with Crippen LogP contribution in [0.25, 0.3) is 5.76 Å². The van der Waals surface area contributed by atoms with E-state index >= 15 is 0 Å². The molecule has 164 valence electrons. The second-order valence-electron chi connectivity index (χ2n) is 7.91. The van der Waals surface area contributed by atoms with E-state index in [-0.39, 0.29) is 11.1 Å². The number of ether oxygens (including phenoxy) is 2. The van der Waals surface area contributed by atoms with E-state index < -0.39 is 23.5 Å². The van der Waals surface area contributed by atoms with Crippen LogP contribution < -0.4 is 19.5 Å². The number of carbonyl (C=O) groups is 2. The average Bonchev–Trinajstić information content (AvgIpc) is 3.01. The first kappa shape index (κ1) is 22.4. The Bertz CT molecular complexity index is 1010. The molecule has 1 aliphatic rings. The van der Waals surface area contributed by atoms with Gasteiger partial charge in [-0.3, -0.25) is 9.59 Å². The number of nitrogens with one attached hydrogen (secondary N) is 1. The number of amides is 1. The third kappa shape index (κ3) is 4.41. The lowest BCUT2D eigenvalue weighted by Gasteiger charge is -2.28. The number of rotatable bonds is 7. The first-order chi connectivity index (χ1) is 14.8. The van der Waals surface area contributed by atoms with Crippen molar-refractivity contribution in [2.75, 3.05) is 41.4 Å². The Hall–Kier alpha value is -3.32. The van der Waals surface area contributed by atoms with Crippen LogP contribution in [0.2, 0.25) is 0 Å². The van der Waals surface area contributed by atoms with E-state index in [1.165, 1.54) is 25.2 Å². The summed E-state index contributed by atoms with van der Waals surface area (Å²) >= 11 is 0. The van der Waals surface area contributed by atoms with Crippen LogP contribution in [0.1, 0.15) is 22.7 Å². The fraction of sp³-hybridized carbons (Fsp3) is 0.333. The van der Waals surface area contributed by atoms with E-state index in [4.69, 9.17) is 9.47 Å². The van der Waals surface area contributed by atoms with Crippen molar-refractivity contribution in [1.29, 1.82) is 0 Å². The number of hydrogen-bond donors (Lipinski definition) is 1. The molecule has 1 heterocycles. The maximum absolute atomic E-state index is 13.5. The Labute approximate surface area is 182 Å². The van der Waals surface area contributed by atoms with Gasteiger partial charge in [0.15, 0.2) is 11.5 Å². The Morgan fingerprint density at radius 1 is 1.03 bits per heavy atom. The molecule has 0 aliphatic carbocycles. The zero-order valence-corrected chi connectivity index (χ0v) is 18.5. The van der Waals surface area contributed by atoms with Crippen molar-refractivity contribution in [2.45, 2.75) is 13.0 Å². The molecule has 0 saturated carbocycles. The van der Waals surface area contributed by atoms with E-state index in [0.717, 1.165) is 16.0 Å². The van der Waals surface area contributed by atoms with Crippen molar-refractivity contribution in [3.63, 3.8) is 0 Å². The lowest BCUT2D eigenvalue weighted by atomic mass is 9.94. The van der Waals surface area contributed by atoms with Crippen LogP contribution in [0.3, 0.4) is 0 Å². The molecule has 31 heavy (non-hydrogen) atoms.